The first kappa shape index (κ1) is 11.2. The zero-order valence-electron chi connectivity index (χ0n) is 9.17. The number of nitrogens with two attached hydrogens (primary N) is 1. The van der Waals surface area contributed by atoms with Gasteiger partial charge in [0, 0.05) is 12.1 Å². The summed E-state index contributed by atoms with van der Waals surface area (Å²) in [6.45, 7) is 6.20. The third-order valence-electron chi connectivity index (χ3n) is 2.51. The summed E-state index contributed by atoms with van der Waals surface area (Å²) in [6, 6.07) is 6.30. The molecule has 0 fully saturated rings. The molecule has 0 aliphatic heterocycles. The van der Waals surface area contributed by atoms with E-state index >= 15 is 0 Å². The molecule has 0 radical (unpaired) electrons. The number of aliphatic hydroxyl groups excluding tert-OH is 1. The van der Waals surface area contributed by atoms with Gasteiger partial charge in [-0.25, -0.2) is 0 Å². The monoisotopic (exact) mass is 193 g/mol. The van der Waals surface area contributed by atoms with Crippen LogP contribution in [0.3, 0.4) is 0 Å². The van der Waals surface area contributed by atoms with E-state index in [1.54, 1.807) is 0 Å². The molecular formula is C12H19NO. The smallest absolute Gasteiger partial charge is 0.0451 e. The van der Waals surface area contributed by atoms with E-state index in [0.29, 0.717) is 6.42 Å². The highest BCUT2D eigenvalue weighted by molar-refractivity contribution is 5.32. The van der Waals surface area contributed by atoms with Crippen molar-refractivity contribution in [1.82, 2.24) is 0 Å². The minimum atomic E-state index is -0.425. The molecule has 78 valence electrons. The fourth-order valence-electron chi connectivity index (χ4n) is 1.68. The first-order valence-electron chi connectivity index (χ1n) is 4.94. The Morgan fingerprint density at radius 2 is 1.71 bits per heavy atom. The van der Waals surface area contributed by atoms with Gasteiger partial charge in [0.25, 0.3) is 0 Å². The maximum atomic E-state index is 8.92. The van der Waals surface area contributed by atoms with Gasteiger partial charge in [-0.2, -0.15) is 0 Å². The van der Waals surface area contributed by atoms with E-state index in [1.165, 1.54) is 11.1 Å². The van der Waals surface area contributed by atoms with Gasteiger partial charge in [0.1, 0.15) is 0 Å². The Balaban J connectivity index is 3.05. The highest BCUT2D eigenvalue weighted by Crippen LogP contribution is 2.23. The van der Waals surface area contributed by atoms with Gasteiger partial charge in [-0.15, -0.1) is 0 Å². The summed E-state index contributed by atoms with van der Waals surface area (Å²) < 4.78 is 0. The topological polar surface area (TPSA) is 46.2 Å². The molecule has 0 aliphatic rings. The van der Waals surface area contributed by atoms with E-state index in [0.717, 1.165) is 5.56 Å². The van der Waals surface area contributed by atoms with Gasteiger partial charge in [-0.05, 0) is 32.8 Å². The maximum absolute atomic E-state index is 8.92. The molecule has 0 amide bonds. The van der Waals surface area contributed by atoms with E-state index < -0.39 is 5.54 Å². The summed E-state index contributed by atoms with van der Waals surface area (Å²) >= 11 is 0. The largest absolute Gasteiger partial charge is 0.396 e. The van der Waals surface area contributed by atoms with Gasteiger partial charge >= 0.3 is 0 Å². The zero-order valence-corrected chi connectivity index (χ0v) is 9.17. The Morgan fingerprint density at radius 1 is 1.21 bits per heavy atom. The molecule has 0 aromatic heterocycles. The van der Waals surface area contributed by atoms with Crippen molar-refractivity contribution in [3.63, 3.8) is 0 Å². The second kappa shape index (κ2) is 4.11. The van der Waals surface area contributed by atoms with Crippen molar-refractivity contribution in [1.29, 1.82) is 0 Å². The van der Waals surface area contributed by atoms with Crippen molar-refractivity contribution in [3.8, 4) is 0 Å². The molecule has 0 aliphatic carbocycles. The van der Waals surface area contributed by atoms with E-state index in [9.17, 15) is 0 Å². The van der Waals surface area contributed by atoms with Crippen LogP contribution in [0.4, 0.5) is 0 Å². The molecular weight excluding hydrogens is 174 g/mol. The minimum absolute atomic E-state index is 0.125. The first-order valence-corrected chi connectivity index (χ1v) is 4.94. The molecule has 0 saturated carbocycles. The molecule has 2 heteroatoms. The van der Waals surface area contributed by atoms with Crippen molar-refractivity contribution in [3.05, 3.63) is 34.9 Å². The quantitative estimate of drug-likeness (QED) is 0.769. The lowest BCUT2D eigenvalue weighted by atomic mass is 9.88. The van der Waals surface area contributed by atoms with Gasteiger partial charge in [0.2, 0.25) is 0 Å². The molecule has 0 saturated heterocycles. The van der Waals surface area contributed by atoms with Gasteiger partial charge < -0.3 is 10.8 Å². The maximum Gasteiger partial charge on any atom is 0.0451 e. The molecule has 0 spiro atoms. The van der Waals surface area contributed by atoms with Crippen molar-refractivity contribution >= 4 is 0 Å². The predicted octanol–water partition coefficient (Wildman–Crippen LogP) is 1.86. The average molecular weight is 193 g/mol. The van der Waals surface area contributed by atoms with Crippen LogP contribution >= 0.6 is 0 Å². The van der Waals surface area contributed by atoms with Crippen molar-refractivity contribution < 1.29 is 5.11 Å². The van der Waals surface area contributed by atoms with Crippen molar-refractivity contribution in [2.45, 2.75) is 32.7 Å². The lowest BCUT2D eigenvalue weighted by molar-refractivity contribution is 0.247. The van der Waals surface area contributed by atoms with Crippen LogP contribution in [0, 0.1) is 13.8 Å². The number of hydrogen-bond donors (Lipinski definition) is 2. The van der Waals surface area contributed by atoms with Gasteiger partial charge in [-0.3, -0.25) is 0 Å². The van der Waals surface area contributed by atoms with E-state index in [1.807, 2.05) is 6.92 Å². The summed E-state index contributed by atoms with van der Waals surface area (Å²) in [7, 11) is 0. The van der Waals surface area contributed by atoms with Crippen molar-refractivity contribution in [2.75, 3.05) is 6.61 Å². The molecule has 3 N–H and O–H groups in total. The molecule has 1 atom stereocenters. The number of rotatable bonds is 3. The van der Waals surface area contributed by atoms with Gasteiger partial charge in [0.05, 0.1) is 0 Å². The number of hydrogen-bond acceptors (Lipinski definition) is 2. The Bertz CT molecular complexity index is 298. The number of benzene rings is 1. The van der Waals surface area contributed by atoms with Gasteiger partial charge in [0.15, 0.2) is 0 Å². The van der Waals surface area contributed by atoms with Crippen LogP contribution in [0.25, 0.3) is 0 Å². The van der Waals surface area contributed by atoms with Crippen LogP contribution in [0.15, 0.2) is 18.2 Å². The first-order chi connectivity index (χ1) is 6.45. The summed E-state index contributed by atoms with van der Waals surface area (Å²) in [4.78, 5) is 0. The number of aryl methyl sites for hydroxylation is 2. The molecule has 0 bridgehead atoms. The third-order valence-corrected chi connectivity index (χ3v) is 2.51. The Kier molecular flexibility index (Phi) is 3.29. The van der Waals surface area contributed by atoms with Crippen LogP contribution in [-0.4, -0.2) is 11.7 Å². The van der Waals surface area contributed by atoms with Crippen LogP contribution < -0.4 is 5.73 Å². The van der Waals surface area contributed by atoms with Crippen LogP contribution in [0.1, 0.15) is 30.0 Å². The molecule has 2 nitrogen and oxygen atoms in total. The second-order valence-corrected chi connectivity index (χ2v) is 4.27. The standard InChI is InChI=1S/C12H19NO/c1-9-6-10(2)8-11(7-9)12(3,13)4-5-14/h6-8,14H,4-5,13H2,1-3H3/t12-/m0/s1. The van der Waals surface area contributed by atoms with E-state index in [4.69, 9.17) is 10.8 Å². The fraction of sp³-hybridized carbons (Fsp3) is 0.500. The lowest BCUT2D eigenvalue weighted by Crippen LogP contribution is -2.34. The fourth-order valence-corrected chi connectivity index (χ4v) is 1.68. The van der Waals surface area contributed by atoms with E-state index in [-0.39, 0.29) is 6.61 Å². The lowest BCUT2D eigenvalue weighted by Gasteiger charge is -2.25. The predicted molar refractivity (Wildman–Crippen MR) is 59.2 cm³/mol. The SMILES string of the molecule is Cc1cc(C)cc([C@@](C)(N)CCO)c1. The molecule has 0 unspecified atom stereocenters. The normalized spacial score (nSPS) is 15.2. The zero-order chi connectivity index (χ0) is 10.8. The Labute approximate surface area is 85.8 Å². The molecule has 1 aromatic carbocycles. The summed E-state index contributed by atoms with van der Waals surface area (Å²) in [6.07, 6.45) is 0.593. The van der Waals surface area contributed by atoms with Crippen molar-refractivity contribution in [2.24, 2.45) is 5.73 Å². The molecule has 14 heavy (non-hydrogen) atoms. The second-order valence-electron chi connectivity index (χ2n) is 4.27. The van der Waals surface area contributed by atoms with Crippen LogP contribution in [0.2, 0.25) is 0 Å². The summed E-state index contributed by atoms with van der Waals surface area (Å²) in [5.41, 5.74) is 9.24. The molecule has 1 rings (SSSR count). The van der Waals surface area contributed by atoms with Crippen LogP contribution in [0.5, 0.6) is 0 Å². The van der Waals surface area contributed by atoms with Gasteiger partial charge in [-0.1, -0.05) is 29.3 Å². The average Bonchev–Trinajstić information content (AvgIpc) is 2.02. The highest BCUT2D eigenvalue weighted by atomic mass is 16.3. The van der Waals surface area contributed by atoms with Crippen LogP contribution in [-0.2, 0) is 5.54 Å². The highest BCUT2D eigenvalue weighted by Gasteiger charge is 2.20. The molecule has 1 aromatic rings. The molecule has 0 heterocycles. The Morgan fingerprint density at radius 3 is 2.14 bits per heavy atom. The Hall–Kier alpha value is -0.860. The summed E-state index contributed by atoms with van der Waals surface area (Å²) in [5.74, 6) is 0. The summed E-state index contributed by atoms with van der Waals surface area (Å²) in [5, 5.41) is 8.92. The minimum Gasteiger partial charge on any atom is -0.396 e. The number of aliphatic hydroxyl groups is 1. The third kappa shape index (κ3) is 2.56. The van der Waals surface area contributed by atoms with E-state index in [2.05, 4.69) is 32.0 Å².